The zero-order chi connectivity index (χ0) is 52.1. The van der Waals surface area contributed by atoms with Crippen molar-refractivity contribution in [2.24, 2.45) is 17.3 Å². The van der Waals surface area contributed by atoms with Gasteiger partial charge in [-0.2, -0.15) is 0 Å². The van der Waals surface area contributed by atoms with Crippen molar-refractivity contribution in [1.82, 2.24) is 0 Å². The van der Waals surface area contributed by atoms with E-state index in [1.165, 1.54) is 12.2 Å². The van der Waals surface area contributed by atoms with Crippen molar-refractivity contribution in [2.45, 2.75) is 127 Å². The van der Waals surface area contributed by atoms with Crippen molar-refractivity contribution < 1.29 is 48.3 Å². The standard InChI is InChI=1S/C61H74N2O10/c1-3-5-7-9-39-70-53-34-21-48(22-35-53)58(66)72-55-30-16-44(17-31-55)15-29-52(64)43-60(41-46-11-25-50(62)26-12-46,42-47-13-27-51(63)28-14-47)61(68,69)57(65)38-20-45-18-32-56(33-19-45)73-59(67)49-23-36-54(37-24-49)71-40-10-8-6-4-2/h3-4,11-20,25-33,38,48-49,53-54,68-69H,1-2,5-10,21-24,34-37,39-43,62-63H2/b29-15+,38-20+. The first-order valence-corrected chi connectivity index (χ1v) is 25.9. The maximum absolute atomic E-state index is 14.3. The Kier molecular flexibility index (Phi) is 21.5. The van der Waals surface area contributed by atoms with Gasteiger partial charge < -0.3 is 40.6 Å². The van der Waals surface area contributed by atoms with Crippen molar-refractivity contribution in [3.8, 4) is 11.5 Å². The predicted octanol–water partition coefficient (Wildman–Crippen LogP) is 10.9. The van der Waals surface area contributed by atoms with E-state index in [1.54, 1.807) is 103 Å². The van der Waals surface area contributed by atoms with Crippen molar-refractivity contribution in [3.05, 3.63) is 157 Å². The Morgan fingerprint density at radius 1 is 0.548 bits per heavy atom. The van der Waals surface area contributed by atoms with Gasteiger partial charge in [0.25, 0.3) is 0 Å². The number of carbonyl (C=O) groups excluding carboxylic acids is 4. The third-order valence-corrected chi connectivity index (χ3v) is 14.1. The second kappa shape index (κ2) is 28.1. The van der Waals surface area contributed by atoms with E-state index in [1.807, 2.05) is 12.2 Å². The molecule has 0 aliphatic heterocycles. The molecule has 0 unspecified atom stereocenters. The van der Waals surface area contributed by atoms with Gasteiger partial charge in [-0.25, -0.2) is 0 Å². The Labute approximate surface area is 431 Å². The summed E-state index contributed by atoms with van der Waals surface area (Å²) in [6.45, 7) is 8.94. The van der Waals surface area contributed by atoms with Gasteiger partial charge in [0.15, 0.2) is 5.78 Å². The molecule has 0 aromatic heterocycles. The number of nitrogens with two attached hydrogens (primary N) is 2. The van der Waals surface area contributed by atoms with E-state index >= 15 is 0 Å². The Morgan fingerprint density at radius 2 is 0.945 bits per heavy atom. The summed E-state index contributed by atoms with van der Waals surface area (Å²) in [5, 5.41) is 24.5. The van der Waals surface area contributed by atoms with E-state index in [4.69, 9.17) is 30.4 Å². The third kappa shape index (κ3) is 17.3. The minimum Gasteiger partial charge on any atom is -0.426 e. The van der Waals surface area contributed by atoms with Crippen LogP contribution in [0.3, 0.4) is 0 Å². The SMILES string of the molecule is C=CCCCCOC1CCC(C(=O)Oc2ccc(/C=C/C(=O)CC(Cc3ccc(N)cc3)(Cc3ccc(N)cc3)C(O)(O)C(=O)/C=C/c3ccc(OC(=O)C4CCC(OCCCCC=C)CC4)cc3)cc2)CC1. The van der Waals surface area contributed by atoms with Crippen LogP contribution >= 0.6 is 0 Å². The molecule has 4 aromatic carbocycles. The van der Waals surface area contributed by atoms with Gasteiger partial charge in [-0.1, -0.05) is 72.8 Å². The van der Waals surface area contributed by atoms with Gasteiger partial charge in [-0.15, -0.1) is 13.2 Å². The number of ether oxygens (including phenoxy) is 4. The molecule has 4 aromatic rings. The molecule has 6 N–H and O–H groups in total. The van der Waals surface area contributed by atoms with Crippen LogP contribution in [-0.4, -0.2) is 64.9 Å². The molecule has 2 aliphatic rings. The van der Waals surface area contributed by atoms with Gasteiger partial charge in [0.05, 0.1) is 24.0 Å². The lowest BCUT2D eigenvalue weighted by Gasteiger charge is -2.42. The first kappa shape index (κ1) is 55.9. The zero-order valence-corrected chi connectivity index (χ0v) is 42.2. The zero-order valence-electron chi connectivity index (χ0n) is 42.2. The van der Waals surface area contributed by atoms with Gasteiger partial charge in [0.1, 0.15) is 11.5 Å². The number of benzene rings is 4. The topological polar surface area (TPSA) is 198 Å². The lowest BCUT2D eigenvalue weighted by atomic mass is 9.65. The highest BCUT2D eigenvalue weighted by Crippen LogP contribution is 2.43. The van der Waals surface area contributed by atoms with Crippen LogP contribution in [0.15, 0.2) is 135 Å². The van der Waals surface area contributed by atoms with Gasteiger partial charge in [-0.05, 0) is 186 Å². The highest BCUT2D eigenvalue weighted by Gasteiger charge is 2.54. The van der Waals surface area contributed by atoms with Crippen molar-refractivity contribution in [3.63, 3.8) is 0 Å². The van der Waals surface area contributed by atoms with Crippen LogP contribution in [0.4, 0.5) is 11.4 Å². The molecule has 388 valence electrons. The number of rotatable bonds is 28. The maximum atomic E-state index is 14.3. The summed E-state index contributed by atoms with van der Waals surface area (Å²) in [6.07, 6.45) is 21.0. The molecule has 2 aliphatic carbocycles. The normalized spacial score (nSPS) is 18.3. The fraction of sp³-hybridized carbons (Fsp3) is 0.410. The molecular formula is C61H74N2O10. The van der Waals surface area contributed by atoms with E-state index in [2.05, 4.69) is 13.2 Å². The molecule has 0 heterocycles. The molecular weight excluding hydrogens is 921 g/mol. The highest BCUT2D eigenvalue weighted by atomic mass is 16.5. The van der Waals surface area contributed by atoms with Gasteiger partial charge in [0, 0.05) is 36.4 Å². The Bertz CT molecular complexity index is 2410. The molecule has 12 nitrogen and oxygen atoms in total. The van der Waals surface area contributed by atoms with Gasteiger partial charge in [0.2, 0.25) is 11.6 Å². The summed E-state index contributed by atoms with van der Waals surface area (Å²) < 4.78 is 23.5. The average molecular weight is 995 g/mol. The van der Waals surface area contributed by atoms with E-state index in [-0.39, 0.29) is 48.8 Å². The first-order chi connectivity index (χ1) is 35.2. The quantitative estimate of drug-likeness (QED) is 0.00800. The molecule has 12 heteroatoms. The van der Waals surface area contributed by atoms with Gasteiger partial charge >= 0.3 is 11.9 Å². The molecule has 2 saturated carbocycles. The summed E-state index contributed by atoms with van der Waals surface area (Å²) in [5.41, 5.74) is 13.6. The lowest BCUT2D eigenvalue weighted by molar-refractivity contribution is -0.230. The number of unbranched alkanes of at least 4 members (excludes halogenated alkanes) is 4. The van der Waals surface area contributed by atoms with Gasteiger partial charge in [-0.3, -0.25) is 19.2 Å². The van der Waals surface area contributed by atoms with Crippen LogP contribution in [0.1, 0.15) is 119 Å². The van der Waals surface area contributed by atoms with Crippen LogP contribution in [0.25, 0.3) is 12.2 Å². The summed E-state index contributed by atoms with van der Waals surface area (Å²) >= 11 is 0. The number of anilines is 2. The second-order valence-corrected chi connectivity index (χ2v) is 19.7. The number of hydrogen-bond acceptors (Lipinski definition) is 12. The number of aliphatic hydroxyl groups is 2. The van der Waals surface area contributed by atoms with Crippen LogP contribution in [0, 0.1) is 17.3 Å². The van der Waals surface area contributed by atoms with Crippen LogP contribution in [-0.2, 0) is 41.5 Å². The molecule has 0 spiro atoms. The molecule has 0 radical (unpaired) electrons. The first-order valence-electron chi connectivity index (χ1n) is 25.9. The van der Waals surface area contributed by atoms with Crippen molar-refractivity contribution in [2.75, 3.05) is 24.7 Å². The Balaban J connectivity index is 1.12. The summed E-state index contributed by atoms with van der Waals surface area (Å²) in [4.78, 5) is 54.6. The fourth-order valence-corrected chi connectivity index (χ4v) is 9.65. The summed E-state index contributed by atoms with van der Waals surface area (Å²) in [6, 6.07) is 27.0. The minimum atomic E-state index is -3.08. The monoisotopic (exact) mass is 995 g/mol. The molecule has 6 rings (SSSR count). The second-order valence-electron chi connectivity index (χ2n) is 19.7. The van der Waals surface area contributed by atoms with Crippen molar-refractivity contribution in [1.29, 1.82) is 0 Å². The summed E-state index contributed by atoms with van der Waals surface area (Å²) in [7, 11) is 0. The molecule has 0 saturated heterocycles. The number of carbonyl (C=O) groups is 4. The molecule has 73 heavy (non-hydrogen) atoms. The molecule has 0 atom stereocenters. The largest absolute Gasteiger partial charge is 0.426 e. The summed E-state index contributed by atoms with van der Waals surface area (Å²) in [5.74, 6) is -4.86. The lowest BCUT2D eigenvalue weighted by Crippen LogP contribution is -2.57. The molecule has 0 bridgehead atoms. The van der Waals surface area contributed by atoms with E-state index in [0.29, 0.717) is 84.0 Å². The Hall–Kier alpha value is -6.44. The smallest absolute Gasteiger partial charge is 0.314 e. The van der Waals surface area contributed by atoms with E-state index < -0.39 is 29.2 Å². The number of esters is 2. The van der Waals surface area contributed by atoms with Crippen LogP contribution in [0.2, 0.25) is 0 Å². The molecule has 0 amide bonds. The molecule has 2 fully saturated rings. The highest BCUT2D eigenvalue weighted by molar-refractivity contribution is 6.01. The van der Waals surface area contributed by atoms with Crippen LogP contribution in [0.5, 0.6) is 11.5 Å². The third-order valence-electron chi connectivity index (χ3n) is 14.1. The Morgan fingerprint density at radius 3 is 1.34 bits per heavy atom. The maximum Gasteiger partial charge on any atom is 0.314 e. The fourth-order valence-electron chi connectivity index (χ4n) is 9.65. The number of nitrogen functional groups attached to an aromatic ring is 2. The van der Waals surface area contributed by atoms with Crippen LogP contribution < -0.4 is 20.9 Å². The number of ketones is 2. The number of hydrogen-bond donors (Lipinski definition) is 4. The predicted molar refractivity (Wildman–Crippen MR) is 287 cm³/mol. The average Bonchev–Trinajstić information content (AvgIpc) is 3.39. The minimum absolute atomic E-state index is 0.0977. The number of allylic oxidation sites excluding steroid dienone is 3. The van der Waals surface area contributed by atoms with Crippen molar-refractivity contribution >= 4 is 47.0 Å². The van der Waals surface area contributed by atoms with E-state index in [0.717, 1.165) is 70.3 Å². The van der Waals surface area contributed by atoms with E-state index in [9.17, 15) is 29.4 Å².